The van der Waals surface area contributed by atoms with Gasteiger partial charge in [0.15, 0.2) is 5.78 Å². The third-order valence-electron chi connectivity index (χ3n) is 7.80. The summed E-state index contributed by atoms with van der Waals surface area (Å²) in [4.78, 5) is 43.6. The van der Waals surface area contributed by atoms with Crippen molar-refractivity contribution in [1.82, 2.24) is 15.2 Å². The largest absolute Gasteiger partial charge is 0.480 e. The van der Waals surface area contributed by atoms with Crippen LogP contribution in [0.1, 0.15) is 73.8 Å². The number of carboxylic acids is 1. The van der Waals surface area contributed by atoms with Gasteiger partial charge in [0, 0.05) is 38.3 Å². The van der Waals surface area contributed by atoms with E-state index in [1.807, 2.05) is 12.1 Å². The molecule has 36 heavy (non-hydrogen) atoms. The number of rotatable bonds is 9. The van der Waals surface area contributed by atoms with Crippen LogP contribution in [0.25, 0.3) is 0 Å². The van der Waals surface area contributed by atoms with Crippen LogP contribution in [0.4, 0.5) is 14.6 Å². The maximum atomic E-state index is 13.3. The zero-order chi connectivity index (χ0) is 25.7. The first kappa shape index (κ1) is 26.4. The second-order valence-corrected chi connectivity index (χ2v) is 10.5. The number of carbonyl (C=O) groups is 3. The molecular formula is C26H36F2N4O4. The van der Waals surface area contributed by atoms with Gasteiger partial charge >= 0.3 is 5.97 Å². The molecule has 1 saturated heterocycles. The number of hydrogen-bond acceptors (Lipinski definition) is 6. The van der Waals surface area contributed by atoms with Gasteiger partial charge in [-0.2, -0.15) is 0 Å². The molecule has 3 N–H and O–H groups in total. The number of anilines is 1. The predicted molar refractivity (Wildman–Crippen MR) is 130 cm³/mol. The zero-order valence-electron chi connectivity index (χ0n) is 20.6. The van der Waals surface area contributed by atoms with E-state index in [1.54, 1.807) is 0 Å². The second kappa shape index (κ2) is 11.6. The number of alkyl halides is 2. The maximum absolute atomic E-state index is 13.3. The highest BCUT2D eigenvalue weighted by Crippen LogP contribution is 2.36. The fourth-order valence-electron chi connectivity index (χ4n) is 5.43. The summed E-state index contributed by atoms with van der Waals surface area (Å²) in [6.07, 6.45) is 3.93. The Bertz CT molecular complexity index is 955. The monoisotopic (exact) mass is 506 g/mol. The maximum Gasteiger partial charge on any atom is 0.326 e. The van der Waals surface area contributed by atoms with Crippen molar-refractivity contribution in [2.24, 2.45) is 11.8 Å². The first-order valence-corrected chi connectivity index (χ1v) is 13.1. The number of aliphatic carboxylic acids is 1. The predicted octanol–water partition coefficient (Wildman–Crippen LogP) is 3.51. The Morgan fingerprint density at radius 2 is 1.89 bits per heavy atom. The van der Waals surface area contributed by atoms with Gasteiger partial charge in [-0.3, -0.25) is 9.59 Å². The Labute approximate surface area is 210 Å². The molecule has 1 aromatic heterocycles. The summed E-state index contributed by atoms with van der Waals surface area (Å²) < 4.78 is 26.7. The topological polar surface area (TPSA) is 112 Å². The molecule has 2 fully saturated rings. The Morgan fingerprint density at radius 3 is 2.58 bits per heavy atom. The van der Waals surface area contributed by atoms with Crippen LogP contribution in [0.15, 0.2) is 12.1 Å². The van der Waals surface area contributed by atoms with Gasteiger partial charge in [0.1, 0.15) is 17.6 Å². The van der Waals surface area contributed by atoms with Crippen molar-refractivity contribution in [1.29, 1.82) is 0 Å². The first-order valence-electron chi connectivity index (χ1n) is 13.1. The van der Waals surface area contributed by atoms with Crippen molar-refractivity contribution in [2.75, 3.05) is 31.5 Å². The number of carboxylic acid groups (broad SMARTS) is 1. The number of amides is 1. The summed E-state index contributed by atoms with van der Waals surface area (Å²) in [5.74, 6) is -3.70. The van der Waals surface area contributed by atoms with Gasteiger partial charge in [-0.15, -0.1) is 0 Å². The van der Waals surface area contributed by atoms with E-state index >= 15 is 0 Å². The van der Waals surface area contributed by atoms with Crippen LogP contribution < -0.4 is 10.6 Å². The summed E-state index contributed by atoms with van der Waals surface area (Å²) in [5.41, 5.74) is 1.66. The van der Waals surface area contributed by atoms with Crippen LogP contribution in [0.2, 0.25) is 0 Å². The van der Waals surface area contributed by atoms with Crippen LogP contribution in [0.5, 0.6) is 0 Å². The minimum atomic E-state index is -2.73. The van der Waals surface area contributed by atoms with Crippen LogP contribution in [-0.2, 0) is 16.0 Å². The molecule has 1 amide bonds. The van der Waals surface area contributed by atoms with Crippen molar-refractivity contribution in [3.63, 3.8) is 0 Å². The normalized spacial score (nSPS) is 21.7. The number of pyridine rings is 1. The molecule has 0 aromatic carbocycles. The lowest BCUT2D eigenvalue weighted by molar-refractivity contribution is -0.143. The number of Topliss-reactive ketones (excluding diaryl/α,β-unsaturated/α-hetero) is 1. The third kappa shape index (κ3) is 6.99. The van der Waals surface area contributed by atoms with Crippen molar-refractivity contribution >= 4 is 23.5 Å². The molecule has 8 nitrogen and oxygen atoms in total. The average Bonchev–Trinajstić information content (AvgIpc) is 2.86. The van der Waals surface area contributed by atoms with Crippen LogP contribution in [0, 0.1) is 11.8 Å². The van der Waals surface area contributed by atoms with Gasteiger partial charge in [-0.25, -0.2) is 18.6 Å². The number of piperidine rings is 1. The lowest BCUT2D eigenvalue weighted by Crippen LogP contribution is -2.47. The zero-order valence-corrected chi connectivity index (χ0v) is 20.6. The highest BCUT2D eigenvalue weighted by atomic mass is 19.3. The van der Waals surface area contributed by atoms with E-state index in [-0.39, 0.29) is 43.8 Å². The molecule has 10 heteroatoms. The van der Waals surface area contributed by atoms with E-state index in [9.17, 15) is 28.3 Å². The summed E-state index contributed by atoms with van der Waals surface area (Å²) in [6.45, 7) is 2.91. The Morgan fingerprint density at radius 1 is 1.17 bits per heavy atom. The fourth-order valence-corrected chi connectivity index (χ4v) is 5.43. The summed E-state index contributed by atoms with van der Waals surface area (Å²) in [5, 5.41) is 15.4. The third-order valence-corrected chi connectivity index (χ3v) is 7.80. The Balaban J connectivity index is 1.19. The van der Waals surface area contributed by atoms with E-state index in [2.05, 4.69) is 20.5 Å². The standard InChI is InChI=1S/C26H36F2N4O4/c27-26(28)10-5-19(6-11-26)24(34)31-21(25(35)36)9-15-32-13-7-17(8-14-32)16-22(33)20-4-3-18-2-1-12-29-23(18)30-20/h3-4,17,19,21H,1-2,5-16H2,(H,29,30)(H,31,34)(H,35,36)/t21-/m0/s1. The lowest BCUT2D eigenvalue weighted by atomic mass is 9.86. The minimum absolute atomic E-state index is 0.0535. The van der Waals surface area contributed by atoms with Gasteiger partial charge < -0.3 is 20.6 Å². The number of nitrogens with one attached hydrogen (secondary N) is 2. The molecule has 0 bridgehead atoms. The quantitative estimate of drug-likeness (QED) is 0.440. The van der Waals surface area contributed by atoms with E-state index < -0.39 is 29.8 Å². The molecule has 0 radical (unpaired) electrons. The molecule has 4 rings (SSSR count). The number of fused-ring (bicyclic) bond motifs is 1. The highest BCUT2D eigenvalue weighted by molar-refractivity contribution is 5.94. The van der Waals surface area contributed by atoms with Crippen molar-refractivity contribution in [2.45, 2.75) is 76.2 Å². The molecule has 1 aromatic rings. The number of aryl methyl sites for hydroxylation is 1. The van der Waals surface area contributed by atoms with Gasteiger partial charge in [-0.1, -0.05) is 6.07 Å². The minimum Gasteiger partial charge on any atom is -0.480 e. The van der Waals surface area contributed by atoms with Crippen molar-refractivity contribution in [3.05, 3.63) is 23.4 Å². The van der Waals surface area contributed by atoms with Crippen molar-refractivity contribution < 1.29 is 28.3 Å². The summed E-state index contributed by atoms with van der Waals surface area (Å²) in [7, 11) is 0. The summed E-state index contributed by atoms with van der Waals surface area (Å²) in [6, 6.07) is 2.77. The number of nitrogens with zero attached hydrogens (tertiary/aromatic N) is 2. The molecule has 2 aliphatic heterocycles. The van der Waals surface area contributed by atoms with E-state index in [0.29, 0.717) is 18.7 Å². The number of ketones is 1. The molecular weight excluding hydrogens is 470 g/mol. The van der Waals surface area contributed by atoms with Crippen LogP contribution in [0.3, 0.4) is 0 Å². The highest BCUT2D eigenvalue weighted by Gasteiger charge is 2.38. The second-order valence-electron chi connectivity index (χ2n) is 10.5. The molecule has 0 unspecified atom stereocenters. The Kier molecular flexibility index (Phi) is 8.54. The number of likely N-dealkylation sites (tertiary alicyclic amines) is 1. The SMILES string of the molecule is O=C(CC1CCN(CC[C@H](NC(=O)C2CCC(F)(F)CC2)C(=O)O)CC1)c1ccc2c(n1)NCCC2. The van der Waals surface area contributed by atoms with E-state index in [0.717, 1.165) is 56.7 Å². The molecule has 1 saturated carbocycles. The molecule has 1 atom stereocenters. The van der Waals surface area contributed by atoms with Gasteiger partial charge in [-0.05, 0) is 75.6 Å². The number of aromatic nitrogens is 1. The van der Waals surface area contributed by atoms with E-state index in [4.69, 9.17) is 0 Å². The molecule has 1 aliphatic carbocycles. The molecule has 3 heterocycles. The van der Waals surface area contributed by atoms with Crippen LogP contribution >= 0.6 is 0 Å². The molecule has 3 aliphatic rings. The van der Waals surface area contributed by atoms with E-state index in [1.165, 1.54) is 0 Å². The first-order chi connectivity index (χ1) is 17.2. The average molecular weight is 507 g/mol. The summed E-state index contributed by atoms with van der Waals surface area (Å²) >= 11 is 0. The molecule has 0 spiro atoms. The van der Waals surface area contributed by atoms with Gasteiger partial charge in [0.05, 0.1) is 0 Å². The number of hydrogen-bond donors (Lipinski definition) is 3. The Hall–Kier alpha value is -2.62. The van der Waals surface area contributed by atoms with Crippen LogP contribution in [-0.4, -0.2) is 70.8 Å². The van der Waals surface area contributed by atoms with Gasteiger partial charge in [0.25, 0.3) is 0 Å². The molecule has 198 valence electrons. The number of carbonyl (C=O) groups excluding carboxylic acids is 2. The number of halogens is 2. The lowest BCUT2D eigenvalue weighted by Gasteiger charge is -2.32. The smallest absolute Gasteiger partial charge is 0.326 e. The van der Waals surface area contributed by atoms with Crippen molar-refractivity contribution in [3.8, 4) is 0 Å². The fraction of sp³-hybridized carbons (Fsp3) is 0.692. The van der Waals surface area contributed by atoms with Gasteiger partial charge in [0.2, 0.25) is 11.8 Å².